The van der Waals surface area contributed by atoms with Crippen molar-refractivity contribution in [2.75, 3.05) is 13.2 Å². The highest BCUT2D eigenvalue weighted by Crippen LogP contribution is 2.40. The number of aromatic nitrogens is 3. The number of aryl methyl sites for hydroxylation is 2. The van der Waals surface area contributed by atoms with E-state index in [1.807, 2.05) is 41.8 Å². The Kier molecular flexibility index (Phi) is 9.75. The number of rotatable bonds is 11. The number of amides is 4. The zero-order chi connectivity index (χ0) is 35.8. The van der Waals surface area contributed by atoms with E-state index in [1.165, 1.54) is 9.78 Å². The summed E-state index contributed by atoms with van der Waals surface area (Å²) in [5.74, 6) is 0.899. The minimum Gasteiger partial charge on any atom is -0.493 e. The van der Waals surface area contributed by atoms with E-state index in [9.17, 15) is 19.2 Å². The molecule has 0 spiro atoms. The van der Waals surface area contributed by atoms with Crippen LogP contribution in [0, 0.1) is 20.8 Å². The van der Waals surface area contributed by atoms with E-state index in [2.05, 4.69) is 34.7 Å². The number of hydrogen-bond acceptors (Lipinski definition) is 9. The van der Waals surface area contributed by atoms with Crippen LogP contribution in [-0.4, -0.2) is 68.2 Å². The number of carbonyl (C=O) groups is 4. The molecule has 12 nitrogen and oxygen atoms in total. The van der Waals surface area contributed by atoms with Gasteiger partial charge in [-0.25, -0.2) is 0 Å². The molecule has 14 heteroatoms. The van der Waals surface area contributed by atoms with Crippen molar-refractivity contribution in [2.24, 2.45) is 4.99 Å². The Labute approximate surface area is 304 Å². The van der Waals surface area contributed by atoms with Gasteiger partial charge in [0.05, 0.1) is 25.3 Å². The quantitative estimate of drug-likeness (QED) is 0.157. The number of imide groups is 1. The van der Waals surface area contributed by atoms with E-state index in [-0.39, 0.29) is 37.1 Å². The smallest absolute Gasteiger partial charge is 0.255 e. The van der Waals surface area contributed by atoms with E-state index in [4.69, 9.17) is 21.3 Å². The van der Waals surface area contributed by atoms with Crippen LogP contribution in [0.15, 0.2) is 47.5 Å². The molecule has 1 saturated heterocycles. The van der Waals surface area contributed by atoms with E-state index < -0.39 is 18.0 Å². The van der Waals surface area contributed by atoms with Crippen LogP contribution in [0.4, 0.5) is 0 Å². The highest BCUT2D eigenvalue weighted by atomic mass is 35.5. The van der Waals surface area contributed by atoms with Crippen molar-refractivity contribution >= 4 is 52.3 Å². The molecule has 1 unspecified atom stereocenters. The van der Waals surface area contributed by atoms with Gasteiger partial charge in [-0.3, -0.25) is 34.1 Å². The molecule has 7 rings (SSSR count). The number of piperidine rings is 1. The van der Waals surface area contributed by atoms with Gasteiger partial charge < -0.3 is 15.0 Å². The Hall–Kier alpha value is -4.88. The van der Waals surface area contributed by atoms with Crippen molar-refractivity contribution < 1.29 is 23.9 Å². The van der Waals surface area contributed by atoms with Gasteiger partial charge in [0.1, 0.15) is 28.7 Å². The summed E-state index contributed by atoms with van der Waals surface area (Å²) in [5.41, 5.74) is 5.16. The van der Waals surface area contributed by atoms with E-state index in [0.717, 1.165) is 58.1 Å². The molecule has 3 aliphatic rings. The highest BCUT2D eigenvalue weighted by Gasteiger charge is 2.40. The lowest BCUT2D eigenvalue weighted by Crippen LogP contribution is -2.52. The maximum Gasteiger partial charge on any atom is 0.255 e. The fourth-order valence-corrected chi connectivity index (χ4v) is 8.23. The fraction of sp³-hybridized carbons (Fsp3) is 0.378. The first kappa shape index (κ1) is 34.6. The van der Waals surface area contributed by atoms with Gasteiger partial charge in [0.2, 0.25) is 17.7 Å². The summed E-state index contributed by atoms with van der Waals surface area (Å²) in [6.07, 6.45) is 2.98. The van der Waals surface area contributed by atoms with Crippen LogP contribution >= 0.6 is 22.9 Å². The van der Waals surface area contributed by atoms with Crippen LogP contribution in [0.1, 0.15) is 93.7 Å². The average molecular weight is 728 g/mol. The van der Waals surface area contributed by atoms with Crippen LogP contribution in [0.3, 0.4) is 0 Å². The molecule has 4 aromatic rings. The minimum atomic E-state index is -0.671. The maximum absolute atomic E-state index is 13.3. The summed E-state index contributed by atoms with van der Waals surface area (Å²) in [6.45, 7) is 7.32. The molecule has 2 aromatic heterocycles. The van der Waals surface area contributed by atoms with Crippen molar-refractivity contribution in [3.63, 3.8) is 0 Å². The molecule has 1 fully saturated rings. The van der Waals surface area contributed by atoms with E-state index >= 15 is 0 Å². The predicted octanol–water partition coefficient (Wildman–Crippen LogP) is 5.32. The van der Waals surface area contributed by atoms with Crippen LogP contribution in [0.2, 0.25) is 5.02 Å². The van der Waals surface area contributed by atoms with Crippen LogP contribution in [0.5, 0.6) is 5.75 Å². The van der Waals surface area contributed by atoms with E-state index in [0.29, 0.717) is 41.7 Å². The molecule has 0 bridgehead atoms. The summed E-state index contributed by atoms with van der Waals surface area (Å²) >= 11 is 7.89. The molecule has 0 saturated carbocycles. The van der Waals surface area contributed by atoms with Gasteiger partial charge in [-0.05, 0) is 76.3 Å². The Morgan fingerprint density at radius 2 is 1.86 bits per heavy atom. The molecule has 0 aliphatic carbocycles. The monoisotopic (exact) mass is 727 g/mol. The highest BCUT2D eigenvalue weighted by molar-refractivity contribution is 7.15. The summed E-state index contributed by atoms with van der Waals surface area (Å²) in [7, 11) is 0. The fourth-order valence-electron chi connectivity index (χ4n) is 6.89. The standard InChI is InChI=1S/C37H38ClN7O5S/c1-20-21(2)51-37-32(20)33(23-10-12-24(38)13-11-23)40-27(34-43-42-22(3)45(34)37)18-31(47)39-16-5-4-6-17-50-29-9-7-8-25-26(29)19-44(36(25)49)28-14-15-30(46)41-35(28)48/h7-13,27-28H,4-6,14-19H2,1-3H3,(H,39,47)(H,41,46,48)/t27-,28?/m0/s1. The maximum atomic E-state index is 13.3. The second-order valence-electron chi connectivity index (χ2n) is 13.1. The third-order valence-corrected chi connectivity index (χ3v) is 11.1. The average Bonchev–Trinajstić information content (AvgIpc) is 3.72. The SMILES string of the molecule is Cc1sc2c(c1C)C(c1ccc(Cl)cc1)=N[C@@H](CC(=O)NCCCCCOc1cccc3c1CN(C1CCC(=O)NC1=O)C3=O)c1nnc(C)n1-2. The summed E-state index contributed by atoms with van der Waals surface area (Å²) in [5, 5.41) is 15.9. The number of carbonyl (C=O) groups excluding carboxylic acids is 4. The van der Waals surface area contributed by atoms with Crippen molar-refractivity contribution in [2.45, 2.75) is 77.9 Å². The predicted molar refractivity (Wildman–Crippen MR) is 193 cm³/mol. The normalized spacial score (nSPS) is 18.1. The summed E-state index contributed by atoms with van der Waals surface area (Å²) in [6, 6.07) is 11.8. The molecule has 264 valence electrons. The number of ether oxygens (including phenoxy) is 1. The number of fused-ring (bicyclic) bond motifs is 4. The number of halogens is 1. The Morgan fingerprint density at radius 1 is 1.06 bits per heavy atom. The third kappa shape index (κ3) is 6.79. The molecule has 5 heterocycles. The molecule has 3 aliphatic heterocycles. The lowest BCUT2D eigenvalue weighted by molar-refractivity contribution is -0.137. The Morgan fingerprint density at radius 3 is 2.65 bits per heavy atom. The van der Waals surface area contributed by atoms with Crippen molar-refractivity contribution in [1.29, 1.82) is 0 Å². The van der Waals surface area contributed by atoms with Crippen LogP contribution in [0.25, 0.3) is 5.00 Å². The van der Waals surface area contributed by atoms with Gasteiger partial charge in [-0.1, -0.05) is 29.8 Å². The zero-order valence-electron chi connectivity index (χ0n) is 28.6. The lowest BCUT2D eigenvalue weighted by atomic mass is 9.99. The largest absolute Gasteiger partial charge is 0.493 e. The number of thiophene rings is 1. The number of unbranched alkanes of at least 4 members (excludes halogenated alkanes) is 2. The van der Waals surface area contributed by atoms with Crippen molar-refractivity contribution in [3.8, 4) is 10.8 Å². The van der Waals surface area contributed by atoms with Crippen molar-refractivity contribution in [1.82, 2.24) is 30.3 Å². The van der Waals surface area contributed by atoms with Crippen LogP contribution < -0.4 is 15.4 Å². The van der Waals surface area contributed by atoms with Gasteiger partial charge in [-0.15, -0.1) is 21.5 Å². The lowest BCUT2D eigenvalue weighted by Gasteiger charge is -2.29. The van der Waals surface area contributed by atoms with Gasteiger partial charge in [0.25, 0.3) is 5.91 Å². The first-order valence-electron chi connectivity index (χ1n) is 17.1. The Balaban J connectivity index is 0.937. The molecule has 51 heavy (non-hydrogen) atoms. The summed E-state index contributed by atoms with van der Waals surface area (Å²) in [4.78, 5) is 58.3. The van der Waals surface area contributed by atoms with Gasteiger partial charge >= 0.3 is 0 Å². The second-order valence-corrected chi connectivity index (χ2v) is 14.7. The molecule has 2 aromatic carbocycles. The van der Waals surface area contributed by atoms with Crippen molar-refractivity contribution in [3.05, 3.63) is 91.8 Å². The number of hydrogen-bond donors (Lipinski definition) is 2. The number of aliphatic imine (C=N–C) groups is 1. The third-order valence-electron chi connectivity index (χ3n) is 9.68. The van der Waals surface area contributed by atoms with Crippen LogP contribution in [-0.2, 0) is 20.9 Å². The number of benzene rings is 2. The molecule has 2 atom stereocenters. The minimum absolute atomic E-state index is 0.120. The molecular weight excluding hydrogens is 690 g/mol. The topological polar surface area (TPSA) is 148 Å². The van der Waals surface area contributed by atoms with Gasteiger partial charge in [-0.2, -0.15) is 0 Å². The Bertz CT molecular complexity index is 2070. The first-order chi connectivity index (χ1) is 24.6. The molecule has 4 amide bonds. The second kappa shape index (κ2) is 14.4. The van der Waals surface area contributed by atoms with Gasteiger partial charge in [0, 0.05) is 45.1 Å². The first-order valence-corrected chi connectivity index (χ1v) is 18.3. The van der Waals surface area contributed by atoms with E-state index in [1.54, 1.807) is 23.5 Å². The summed E-state index contributed by atoms with van der Waals surface area (Å²) < 4.78 is 8.12. The molecule has 2 N–H and O–H groups in total. The molecular formula is C37H38ClN7O5S. The van der Waals surface area contributed by atoms with Gasteiger partial charge in [0.15, 0.2) is 5.82 Å². The number of nitrogens with zero attached hydrogens (tertiary/aromatic N) is 5. The zero-order valence-corrected chi connectivity index (χ0v) is 30.2. The number of nitrogens with one attached hydrogen (secondary N) is 2. The molecule has 0 radical (unpaired) electrons.